The maximum Gasteiger partial charge on any atom is 0.169 e. The molecule has 0 aliphatic heterocycles. The number of benzene rings is 1. The summed E-state index contributed by atoms with van der Waals surface area (Å²) in [6.07, 6.45) is 0.836. The normalized spacial score (nSPS) is 22.5. The Morgan fingerprint density at radius 2 is 1.95 bits per heavy atom. The lowest BCUT2D eigenvalue weighted by atomic mass is 9.85. The summed E-state index contributed by atoms with van der Waals surface area (Å²) in [4.78, 5) is 11.6. The predicted octanol–water partition coefficient (Wildman–Crippen LogP) is 3.50. The highest BCUT2D eigenvalue weighted by Gasteiger charge is 2.43. The van der Waals surface area contributed by atoms with Crippen LogP contribution in [0.3, 0.4) is 0 Å². The van der Waals surface area contributed by atoms with Crippen molar-refractivity contribution in [3.63, 3.8) is 0 Å². The topological polar surface area (TPSA) is 35.5 Å². The SMILES string of the molecule is CCCOC1C(=O)CC1Oc1ccccc1C(C)(C)C. The van der Waals surface area contributed by atoms with Gasteiger partial charge in [-0.3, -0.25) is 4.79 Å². The summed E-state index contributed by atoms with van der Waals surface area (Å²) in [6, 6.07) is 8.04. The molecular weight excluding hydrogens is 252 g/mol. The Hall–Kier alpha value is -1.35. The molecule has 0 N–H and O–H groups in total. The molecule has 0 radical (unpaired) electrons. The lowest BCUT2D eigenvalue weighted by Gasteiger charge is -2.36. The van der Waals surface area contributed by atoms with E-state index in [4.69, 9.17) is 9.47 Å². The van der Waals surface area contributed by atoms with Crippen molar-refractivity contribution in [3.05, 3.63) is 29.8 Å². The number of hydrogen-bond acceptors (Lipinski definition) is 3. The first-order valence-electron chi connectivity index (χ1n) is 7.34. The number of carbonyl (C=O) groups is 1. The second kappa shape index (κ2) is 5.96. The van der Waals surface area contributed by atoms with Gasteiger partial charge in [-0.05, 0) is 23.5 Å². The van der Waals surface area contributed by atoms with E-state index in [-0.39, 0.29) is 23.4 Å². The van der Waals surface area contributed by atoms with Crippen molar-refractivity contribution in [3.8, 4) is 5.75 Å². The summed E-state index contributed by atoms with van der Waals surface area (Å²) in [5, 5.41) is 0. The van der Waals surface area contributed by atoms with E-state index >= 15 is 0 Å². The lowest BCUT2D eigenvalue weighted by Crippen LogP contribution is -2.52. The Morgan fingerprint density at radius 3 is 2.55 bits per heavy atom. The average molecular weight is 276 g/mol. The summed E-state index contributed by atoms with van der Waals surface area (Å²) in [5.41, 5.74) is 1.18. The van der Waals surface area contributed by atoms with Gasteiger partial charge in [-0.15, -0.1) is 0 Å². The first-order chi connectivity index (χ1) is 9.43. The van der Waals surface area contributed by atoms with Crippen LogP contribution < -0.4 is 4.74 Å². The molecule has 1 fully saturated rings. The van der Waals surface area contributed by atoms with Crippen LogP contribution in [0.4, 0.5) is 0 Å². The highest BCUT2D eigenvalue weighted by atomic mass is 16.5. The molecule has 1 saturated carbocycles. The van der Waals surface area contributed by atoms with E-state index < -0.39 is 0 Å². The van der Waals surface area contributed by atoms with Crippen LogP contribution in [0.1, 0.15) is 46.1 Å². The van der Waals surface area contributed by atoms with Crippen molar-refractivity contribution in [2.45, 2.75) is 58.2 Å². The Kier molecular flexibility index (Phi) is 4.48. The maximum atomic E-state index is 11.6. The molecule has 2 unspecified atom stereocenters. The van der Waals surface area contributed by atoms with Gasteiger partial charge >= 0.3 is 0 Å². The van der Waals surface area contributed by atoms with Gasteiger partial charge in [0.2, 0.25) is 0 Å². The molecule has 0 aromatic heterocycles. The molecule has 0 bridgehead atoms. The summed E-state index contributed by atoms with van der Waals surface area (Å²) < 4.78 is 11.6. The van der Waals surface area contributed by atoms with Crippen molar-refractivity contribution in [2.24, 2.45) is 0 Å². The van der Waals surface area contributed by atoms with Gasteiger partial charge in [-0.2, -0.15) is 0 Å². The minimum absolute atomic E-state index is 0.0180. The highest BCUT2D eigenvalue weighted by Crippen LogP contribution is 2.34. The number of para-hydroxylation sites is 1. The molecule has 2 atom stereocenters. The molecule has 1 aliphatic carbocycles. The number of ketones is 1. The number of hydrogen-bond donors (Lipinski definition) is 0. The summed E-state index contributed by atoms with van der Waals surface area (Å²) in [7, 11) is 0. The quantitative estimate of drug-likeness (QED) is 0.825. The third-order valence-corrected chi connectivity index (χ3v) is 3.53. The Labute approximate surface area is 121 Å². The second-order valence-corrected chi connectivity index (χ2v) is 6.36. The van der Waals surface area contributed by atoms with E-state index in [1.807, 2.05) is 25.1 Å². The van der Waals surface area contributed by atoms with Crippen LogP contribution in [-0.4, -0.2) is 24.6 Å². The number of Topliss-reactive ketones (excluding diaryl/α,β-unsaturated/α-hetero) is 1. The predicted molar refractivity (Wildman–Crippen MR) is 79.2 cm³/mol. The third kappa shape index (κ3) is 3.21. The van der Waals surface area contributed by atoms with Crippen LogP contribution in [0, 0.1) is 0 Å². The van der Waals surface area contributed by atoms with Gasteiger partial charge in [0, 0.05) is 13.0 Å². The van der Waals surface area contributed by atoms with E-state index in [0.717, 1.165) is 17.7 Å². The monoisotopic (exact) mass is 276 g/mol. The van der Waals surface area contributed by atoms with Crippen LogP contribution in [0.5, 0.6) is 5.75 Å². The van der Waals surface area contributed by atoms with E-state index in [0.29, 0.717) is 13.0 Å². The zero-order chi connectivity index (χ0) is 14.8. The van der Waals surface area contributed by atoms with E-state index in [1.165, 1.54) is 0 Å². The molecule has 0 saturated heterocycles. The fourth-order valence-corrected chi connectivity index (χ4v) is 2.37. The van der Waals surface area contributed by atoms with E-state index in [2.05, 4.69) is 26.8 Å². The van der Waals surface area contributed by atoms with Crippen molar-refractivity contribution in [1.82, 2.24) is 0 Å². The molecular formula is C17H24O3. The van der Waals surface area contributed by atoms with Crippen LogP contribution in [0.2, 0.25) is 0 Å². The molecule has 0 heterocycles. The first kappa shape index (κ1) is 15.0. The zero-order valence-electron chi connectivity index (χ0n) is 12.8. The van der Waals surface area contributed by atoms with E-state index in [9.17, 15) is 4.79 Å². The van der Waals surface area contributed by atoms with Crippen LogP contribution in [-0.2, 0) is 14.9 Å². The van der Waals surface area contributed by atoms with Crippen LogP contribution >= 0.6 is 0 Å². The summed E-state index contributed by atoms with van der Waals surface area (Å²) in [5.74, 6) is 1.01. The largest absolute Gasteiger partial charge is 0.486 e. The van der Waals surface area contributed by atoms with Gasteiger partial charge in [0.05, 0.1) is 0 Å². The van der Waals surface area contributed by atoms with Crippen molar-refractivity contribution < 1.29 is 14.3 Å². The Balaban J connectivity index is 2.09. The fraction of sp³-hybridized carbons (Fsp3) is 0.588. The molecule has 110 valence electrons. The molecule has 20 heavy (non-hydrogen) atoms. The molecule has 1 aromatic carbocycles. The second-order valence-electron chi connectivity index (χ2n) is 6.36. The van der Waals surface area contributed by atoms with Crippen molar-refractivity contribution >= 4 is 5.78 Å². The Bertz CT molecular complexity index is 473. The van der Waals surface area contributed by atoms with E-state index in [1.54, 1.807) is 0 Å². The van der Waals surface area contributed by atoms with Gasteiger partial charge in [0.15, 0.2) is 11.9 Å². The number of ether oxygens (including phenoxy) is 2. The minimum atomic E-state index is -0.386. The smallest absolute Gasteiger partial charge is 0.169 e. The molecule has 2 rings (SSSR count). The van der Waals surface area contributed by atoms with Crippen LogP contribution in [0.15, 0.2) is 24.3 Å². The number of carbonyl (C=O) groups excluding carboxylic acids is 1. The summed E-state index contributed by atoms with van der Waals surface area (Å²) >= 11 is 0. The molecule has 1 aliphatic rings. The van der Waals surface area contributed by atoms with Gasteiger partial charge in [0.1, 0.15) is 11.9 Å². The molecule has 3 nitrogen and oxygen atoms in total. The van der Waals surface area contributed by atoms with Gasteiger partial charge in [-0.25, -0.2) is 0 Å². The first-order valence-corrected chi connectivity index (χ1v) is 7.34. The van der Waals surface area contributed by atoms with Crippen LogP contribution in [0.25, 0.3) is 0 Å². The zero-order valence-corrected chi connectivity index (χ0v) is 12.8. The average Bonchev–Trinajstić information content (AvgIpc) is 2.38. The number of rotatable bonds is 5. The third-order valence-electron chi connectivity index (χ3n) is 3.53. The van der Waals surface area contributed by atoms with Crippen molar-refractivity contribution in [1.29, 1.82) is 0 Å². The summed E-state index contributed by atoms with van der Waals surface area (Å²) in [6.45, 7) is 9.12. The lowest BCUT2D eigenvalue weighted by molar-refractivity contribution is -0.154. The standard InChI is InChI=1S/C17H24O3/c1-5-10-19-16-13(18)11-15(16)20-14-9-7-6-8-12(14)17(2,3)4/h6-9,15-16H,5,10-11H2,1-4H3. The fourth-order valence-electron chi connectivity index (χ4n) is 2.37. The molecule has 1 aromatic rings. The Morgan fingerprint density at radius 1 is 1.25 bits per heavy atom. The van der Waals surface area contributed by atoms with Gasteiger partial charge in [0.25, 0.3) is 0 Å². The van der Waals surface area contributed by atoms with Gasteiger partial charge < -0.3 is 9.47 Å². The molecule has 0 amide bonds. The maximum absolute atomic E-state index is 11.6. The minimum Gasteiger partial charge on any atom is -0.486 e. The highest BCUT2D eigenvalue weighted by molar-refractivity contribution is 5.90. The molecule has 0 spiro atoms. The molecule has 3 heteroatoms. The van der Waals surface area contributed by atoms with Crippen molar-refractivity contribution in [2.75, 3.05) is 6.61 Å². The van der Waals surface area contributed by atoms with Gasteiger partial charge in [-0.1, -0.05) is 45.9 Å².